The van der Waals surface area contributed by atoms with E-state index in [2.05, 4.69) is 15.4 Å². The van der Waals surface area contributed by atoms with Crippen LogP contribution in [0.5, 0.6) is 5.75 Å². The van der Waals surface area contributed by atoms with Crippen molar-refractivity contribution < 1.29 is 19.1 Å². The van der Waals surface area contributed by atoms with Crippen LogP contribution in [0.15, 0.2) is 40.8 Å². The van der Waals surface area contributed by atoms with Gasteiger partial charge in [-0.15, -0.1) is 10.2 Å². The number of methoxy groups -OCH3 is 1. The van der Waals surface area contributed by atoms with Gasteiger partial charge in [0, 0.05) is 5.56 Å². The van der Waals surface area contributed by atoms with Crippen LogP contribution in [0.2, 0.25) is 0 Å². The zero-order chi connectivity index (χ0) is 15.5. The SMILES string of the molecule is COc1ccc(-c2ccc(-c3nnn(CC(=O)O)n3)o2)cc1. The Balaban J connectivity index is 1.83. The first kappa shape index (κ1) is 13.8. The minimum atomic E-state index is -1.04. The predicted octanol–water partition coefficient (Wildman–Crippen LogP) is 1.69. The molecule has 0 bridgehead atoms. The van der Waals surface area contributed by atoms with Crippen LogP contribution in [0.1, 0.15) is 0 Å². The Kier molecular flexibility index (Phi) is 3.57. The summed E-state index contributed by atoms with van der Waals surface area (Å²) in [6, 6.07) is 10.9. The molecule has 0 fully saturated rings. The van der Waals surface area contributed by atoms with Crippen LogP contribution in [0.3, 0.4) is 0 Å². The van der Waals surface area contributed by atoms with Gasteiger partial charge in [-0.3, -0.25) is 4.79 Å². The molecular weight excluding hydrogens is 288 g/mol. The topological polar surface area (TPSA) is 103 Å². The van der Waals surface area contributed by atoms with E-state index in [1.165, 1.54) is 0 Å². The van der Waals surface area contributed by atoms with E-state index in [4.69, 9.17) is 14.3 Å². The largest absolute Gasteiger partial charge is 0.497 e. The number of hydrogen-bond donors (Lipinski definition) is 1. The van der Waals surface area contributed by atoms with E-state index in [1.54, 1.807) is 19.2 Å². The molecule has 1 aromatic carbocycles. The molecule has 0 atom stereocenters. The third-order valence-corrected chi connectivity index (χ3v) is 2.93. The number of benzene rings is 1. The first-order chi connectivity index (χ1) is 10.7. The number of carboxylic acids is 1. The van der Waals surface area contributed by atoms with Crippen molar-refractivity contribution in [3.63, 3.8) is 0 Å². The monoisotopic (exact) mass is 300 g/mol. The van der Waals surface area contributed by atoms with Crippen LogP contribution in [0, 0.1) is 0 Å². The molecule has 0 aliphatic rings. The summed E-state index contributed by atoms with van der Waals surface area (Å²) in [5, 5.41) is 20.1. The highest BCUT2D eigenvalue weighted by Gasteiger charge is 2.13. The van der Waals surface area contributed by atoms with E-state index in [-0.39, 0.29) is 12.4 Å². The quantitative estimate of drug-likeness (QED) is 0.764. The van der Waals surface area contributed by atoms with Gasteiger partial charge in [0.05, 0.1) is 7.11 Å². The van der Waals surface area contributed by atoms with E-state index < -0.39 is 5.97 Å². The highest BCUT2D eigenvalue weighted by Crippen LogP contribution is 2.27. The number of carboxylic acid groups (broad SMARTS) is 1. The van der Waals surface area contributed by atoms with Crippen LogP contribution < -0.4 is 4.74 Å². The highest BCUT2D eigenvalue weighted by atomic mass is 16.5. The van der Waals surface area contributed by atoms with Crippen molar-refractivity contribution in [2.75, 3.05) is 7.11 Å². The molecule has 0 saturated heterocycles. The molecule has 0 aliphatic carbocycles. The molecule has 22 heavy (non-hydrogen) atoms. The summed E-state index contributed by atoms with van der Waals surface area (Å²) < 4.78 is 10.8. The van der Waals surface area contributed by atoms with Crippen molar-refractivity contribution in [1.29, 1.82) is 0 Å². The summed E-state index contributed by atoms with van der Waals surface area (Å²) in [6.07, 6.45) is 0. The lowest BCUT2D eigenvalue weighted by atomic mass is 10.2. The number of ether oxygens (including phenoxy) is 1. The van der Waals surface area contributed by atoms with Gasteiger partial charge in [-0.25, -0.2) is 0 Å². The van der Waals surface area contributed by atoms with E-state index in [9.17, 15) is 4.79 Å². The second kappa shape index (κ2) is 5.68. The third kappa shape index (κ3) is 2.80. The molecule has 2 heterocycles. The van der Waals surface area contributed by atoms with E-state index >= 15 is 0 Å². The minimum absolute atomic E-state index is 0.237. The van der Waals surface area contributed by atoms with E-state index in [1.807, 2.05) is 24.3 Å². The maximum atomic E-state index is 10.6. The maximum absolute atomic E-state index is 10.6. The summed E-state index contributed by atoms with van der Waals surface area (Å²) in [5.41, 5.74) is 0.880. The Morgan fingerprint density at radius 3 is 2.64 bits per heavy atom. The van der Waals surface area contributed by atoms with Crippen molar-refractivity contribution in [3.05, 3.63) is 36.4 Å². The van der Waals surface area contributed by atoms with Gasteiger partial charge in [-0.05, 0) is 41.6 Å². The Labute approximate surface area is 124 Å². The van der Waals surface area contributed by atoms with Gasteiger partial charge in [0.2, 0.25) is 5.82 Å². The second-order valence-electron chi connectivity index (χ2n) is 4.43. The number of nitrogens with zero attached hydrogens (tertiary/aromatic N) is 4. The summed E-state index contributed by atoms with van der Waals surface area (Å²) in [5.74, 6) is 1.02. The van der Waals surface area contributed by atoms with Gasteiger partial charge in [-0.2, -0.15) is 4.80 Å². The molecule has 3 aromatic rings. The standard InChI is InChI=1S/C14H12N4O4/c1-21-10-4-2-9(3-5-10)11-6-7-12(22-11)14-15-17-18(16-14)8-13(19)20/h2-7H,8H2,1H3,(H,19,20). The second-order valence-corrected chi connectivity index (χ2v) is 4.43. The molecule has 0 radical (unpaired) electrons. The zero-order valence-electron chi connectivity index (χ0n) is 11.6. The fourth-order valence-corrected chi connectivity index (χ4v) is 1.90. The third-order valence-electron chi connectivity index (χ3n) is 2.93. The van der Waals surface area contributed by atoms with Gasteiger partial charge in [0.25, 0.3) is 0 Å². The number of rotatable bonds is 5. The normalized spacial score (nSPS) is 10.6. The molecule has 0 unspecified atom stereocenters. The molecule has 112 valence electrons. The lowest BCUT2D eigenvalue weighted by Gasteiger charge is -2.00. The summed E-state index contributed by atoms with van der Waals surface area (Å²) in [6.45, 7) is -0.348. The van der Waals surface area contributed by atoms with Gasteiger partial charge < -0.3 is 14.3 Å². The molecule has 0 saturated carbocycles. The van der Waals surface area contributed by atoms with Crippen LogP contribution >= 0.6 is 0 Å². The highest BCUT2D eigenvalue weighted by molar-refractivity contribution is 5.66. The maximum Gasteiger partial charge on any atom is 0.327 e. The first-order valence-electron chi connectivity index (χ1n) is 6.40. The van der Waals surface area contributed by atoms with Crippen LogP contribution in [-0.4, -0.2) is 38.4 Å². The molecule has 2 aromatic heterocycles. The van der Waals surface area contributed by atoms with Crippen molar-refractivity contribution in [2.45, 2.75) is 6.54 Å². The van der Waals surface area contributed by atoms with Crippen LogP contribution in [-0.2, 0) is 11.3 Å². The lowest BCUT2D eigenvalue weighted by Crippen LogP contribution is -2.11. The Morgan fingerprint density at radius 1 is 1.23 bits per heavy atom. The number of aliphatic carboxylic acids is 1. The van der Waals surface area contributed by atoms with Gasteiger partial charge >= 0.3 is 5.97 Å². The Hall–Kier alpha value is -3.16. The summed E-state index contributed by atoms with van der Waals surface area (Å²) >= 11 is 0. The fourth-order valence-electron chi connectivity index (χ4n) is 1.90. The van der Waals surface area contributed by atoms with Crippen LogP contribution in [0.4, 0.5) is 0 Å². The van der Waals surface area contributed by atoms with Gasteiger partial charge in [0.1, 0.15) is 11.5 Å². The molecule has 1 N–H and O–H groups in total. The summed E-state index contributed by atoms with van der Waals surface area (Å²) in [4.78, 5) is 11.6. The Bertz CT molecular complexity index is 791. The Morgan fingerprint density at radius 2 is 1.95 bits per heavy atom. The van der Waals surface area contributed by atoms with Crippen molar-refractivity contribution >= 4 is 5.97 Å². The van der Waals surface area contributed by atoms with E-state index in [0.29, 0.717) is 11.5 Å². The smallest absolute Gasteiger partial charge is 0.327 e. The number of carbonyl (C=O) groups is 1. The summed E-state index contributed by atoms with van der Waals surface area (Å²) in [7, 11) is 1.60. The molecule has 8 nitrogen and oxygen atoms in total. The van der Waals surface area contributed by atoms with Gasteiger partial charge in [-0.1, -0.05) is 0 Å². The molecular formula is C14H12N4O4. The van der Waals surface area contributed by atoms with Gasteiger partial charge in [0.15, 0.2) is 12.3 Å². The molecule has 3 rings (SSSR count). The number of aromatic nitrogens is 4. The molecule has 0 spiro atoms. The average molecular weight is 300 g/mol. The lowest BCUT2D eigenvalue weighted by molar-refractivity contribution is -0.138. The average Bonchev–Trinajstić information content (AvgIpc) is 3.15. The fraction of sp³-hybridized carbons (Fsp3) is 0.143. The number of hydrogen-bond acceptors (Lipinski definition) is 6. The van der Waals surface area contributed by atoms with Crippen molar-refractivity contribution in [3.8, 4) is 28.7 Å². The zero-order valence-corrected chi connectivity index (χ0v) is 11.6. The molecule has 0 amide bonds. The molecule has 8 heteroatoms. The minimum Gasteiger partial charge on any atom is -0.497 e. The molecule has 0 aliphatic heterocycles. The first-order valence-corrected chi connectivity index (χ1v) is 6.40. The predicted molar refractivity (Wildman–Crippen MR) is 75.1 cm³/mol. The number of tetrazole rings is 1. The van der Waals surface area contributed by atoms with E-state index in [0.717, 1.165) is 16.1 Å². The number of furan rings is 1. The van der Waals surface area contributed by atoms with Crippen molar-refractivity contribution in [2.24, 2.45) is 0 Å². The van der Waals surface area contributed by atoms with Crippen molar-refractivity contribution in [1.82, 2.24) is 20.2 Å². The van der Waals surface area contributed by atoms with Crippen LogP contribution in [0.25, 0.3) is 22.9 Å².